The van der Waals surface area contributed by atoms with Gasteiger partial charge >= 0.3 is 0 Å². The van der Waals surface area contributed by atoms with Gasteiger partial charge in [0.1, 0.15) is 0 Å². The fourth-order valence-electron chi connectivity index (χ4n) is 2.94. The van der Waals surface area contributed by atoms with Crippen molar-refractivity contribution in [2.75, 3.05) is 0 Å². The van der Waals surface area contributed by atoms with Gasteiger partial charge in [0.05, 0.1) is 0 Å². The topological polar surface area (TPSA) is 0 Å². The van der Waals surface area contributed by atoms with Crippen LogP contribution in [0.4, 0.5) is 0 Å². The Hall–Kier alpha value is -1.82. The first-order valence-corrected chi connectivity index (χ1v) is 6.68. The molecule has 0 radical (unpaired) electrons. The summed E-state index contributed by atoms with van der Waals surface area (Å²) < 4.78 is 0. The minimum atomic E-state index is 1.08. The molecule has 2 aromatic carbocycles. The number of benzene rings is 2. The largest absolute Gasteiger partial charge is 0.0813 e. The van der Waals surface area contributed by atoms with E-state index in [4.69, 9.17) is 0 Å². The second kappa shape index (κ2) is 4.45. The van der Waals surface area contributed by atoms with E-state index >= 15 is 0 Å². The van der Waals surface area contributed by atoms with Crippen LogP contribution in [-0.4, -0.2) is 0 Å². The molecule has 0 heterocycles. The van der Waals surface area contributed by atoms with Crippen molar-refractivity contribution < 1.29 is 0 Å². The van der Waals surface area contributed by atoms with E-state index < -0.39 is 0 Å². The Kier molecular flexibility index (Phi) is 2.79. The molecule has 3 rings (SSSR count). The van der Waals surface area contributed by atoms with Gasteiger partial charge in [0, 0.05) is 0 Å². The lowest BCUT2D eigenvalue weighted by Gasteiger charge is -2.09. The van der Waals surface area contributed by atoms with Gasteiger partial charge < -0.3 is 0 Å². The van der Waals surface area contributed by atoms with Crippen LogP contribution < -0.4 is 0 Å². The second-order valence-corrected chi connectivity index (χ2v) is 4.96. The highest BCUT2D eigenvalue weighted by Gasteiger charge is 2.20. The molecule has 0 aromatic heterocycles. The molecule has 1 aliphatic carbocycles. The van der Waals surface area contributed by atoms with Gasteiger partial charge in [-0.15, -0.1) is 0 Å². The molecule has 0 saturated heterocycles. The van der Waals surface area contributed by atoms with Gasteiger partial charge in [-0.25, -0.2) is 0 Å². The van der Waals surface area contributed by atoms with Crippen LogP contribution in [0.2, 0.25) is 0 Å². The third-order valence-corrected chi connectivity index (χ3v) is 3.79. The van der Waals surface area contributed by atoms with Crippen LogP contribution in [0.1, 0.15) is 37.0 Å². The Balaban J connectivity index is 2.17. The monoisotopic (exact) mass is 234 g/mol. The molecule has 18 heavy (non-hydrogen) atoms. The maximum Gasteiger partial charge on any atom is -0.000741 e. The third kappa shape index (κ3) is 1.69. The molecule has 0 spiro atoms. The quantitative estimate of drug-likeness (QED) is 0.580. The van der Waals surface area contributed by atoms with Crippen LogP contribution in [0.3, 0.4) is 0 Å². The van der Waals surface area contributed by atoms with Gasteiger partial charge in [0.2, 0.25) is 0 Å². The van der Waals surface area contributed by atoms with E-state index in [9.17, 15) is 0 Å². The molecule has 2 aromatic rings. The van der Waals surface area contributed by atoms with Gasteiger partial charge in [0.15, 0.2) is 0 Å². The Morgan fingerprint density at radius 2 is 1.83 bits per heavy atom. The van der Waals surface area contributed by atoms with Gasteiger partial charge in [-0.05, 0) is 53.2 Å². The molecule has 1 aliphatic rings. The van der Waals surface area contributed by atoms with Crippen LogP contribution in [0.5, 0.6) is 0 Å². The van der Waals surface area contributed by atoms with Crippen LogP contribution in [0.25, 0.3) is 16.7 Å². The van der Waals surface area contributed by atoms with E-state index in [0.29, 0.717) is 0 Å². The highest BCUT2D eigenvalue weighted by Crippen LogP contribution is 2.39. The third-order valence-electron chi connectivity index (χ3n) is 3.79. The average molecular weight is 234 g/mol. The average Bonchev–Trinajstić information content (AvgIpc) is 2.77. The van der Waals surface area contributed by atoms with E-state index in [1.165, 1.54) is 33.4 Å². The summed E-state index contributed by atoms with van der Waals surface area (Å²) in [5, 5.41) is 0. The van der Waals surface area contributed by atoms with Crippen LogP contribution >= 0.6 is 0 Å². The lowest BCUT2D eigenvalue weighted by Crippen LogP contribution is -1.90. The van der Waals surface area contributed by atoms with Crippen molar-refractivity contribution in [2.24, 2.45) is 0 Å². The number of allylic oxidation sites excluding steroid dienone is 2. The minimum absolute atomic E-state index is 1.08. The summed E-state index contributed by atoms with van der Waals surface area (Å²) in [4.78, 5) is 0. The standard InChI is InChI=1S/C18H18/c1-3-7-13(2)15-10-6-11-17-16-9-5-4-8-14(16)12-18(15)17/h4-11H,3,12H2,1-2H3. The van der Waals surface area contributed by atoms with Crippen molar-refractivity contribution in [1.82, 2.24) is 0 Å². The van der Waals surface area contributed by atoms with Gasteiger partial charge in [0.25, 0.3) is 0 Å². The lowest BCUT2D eigenvalue weighted by molar-refractivity contribution is 1.21. The first-order valence-electron chi connectivity index (χ1n) is 6.68. The molecule has 0 bridgehead atoms. The predicted octanol–water partition coefficient (Wildman–Crippen LogP) is 5.07. The Morgan fingerprint density at radius 3 is 2.67 bits per heavy atom. The van der Waals surface area contributed by atoms with Gasteiger partial charge in [-0.2, -0.15) is 0 Å². The highest BCUT2D eigenvalue weighted by atomic mass is 14.2. The Morgan fingerprint density at radius 1 is 1.06 bits per heavy atom. The van der Waals surface area contributed by atoms with Crippen molar-refractivity contribution in [2.45, 2.75) is 26.7 Å². The fourth-order valence-corrected chi connectivity index (χ4v) is 2.94. The molecule has 0 nitrogen and oxygen atoms in total. The van der Waals surface area contributed by atoms with Crippen LogP contribution in [-0.2, 0) is 6.42 Å². The summed E-state index contributed by atoms with van der Waals surface area (Å²) in [6, 6.07) is 15.5. The van der Waals surface area contributed by atoms with Crippen LogP contribution in [0.15, 0.2) is 48.5 Å². The smallest absolute Gasteiger partial charge is 0.000741 e. The van der Waals surface area contributed by atoms with Crippen molar-refractivity contribution in [3.63, 3.8) is 0 Å². The molecule has 0 saturated carbocycles. The van der Waals surface area contributed by atoms with Gasteiger partial charge in [-0.1, -0.05) is 55.5 Å². The van der Waals surface area contributed by atoms with E-state index in [0.717, 1.165) is 12.8 Å². The number of fused-ring (bicyclic) bond motifs is 3. The first kappa shape index (κ1) is 11.3. The maximum atomic E-state index is 2.32. The molecule has 0 fully saturated rings. The maximum absolute atomic E-state index is 2.32. The molecule has 0 unspecified atom stereocenters. The molecular weight excluding hydrogens is 216 g/mol. The molecular formula is C18H18. The number of hydrogen-bond acceptors (Lipinski definition) is 0. The minimum Gasteiger partial charge on any atom is -0.0813 e. The van der Waals surface area contributed by atoms with Crippen molar-refractivity contribution >= 4 is 5.57 Å². The number of hydrogen-bond donors (Lipinski definition) is 0. The van der Waals surface area contributed by atoms with Crippen molar-refractivity contribution in [1.29, 1.82) is 0 Å². The van der Waals surface area contributed by atoms with E-state index in [-0.39, 0.29) is 0 Å². The van der Waals surface area contributed by atoms with Crippen LogP contribution in [0, 0.1) is 0 Å². The van der Waals surface area contributed by atoms with E-state index in [1.807, 2.05) is 0 Å². The summed E-state index contributed by atoms with van der Waals surface area (Å²) in [6.07, 6.45) is 4.50. The van der Waals surface area contributed by atoms with Crippen molar-refractivity contribution in [3.05, 3.63) is 65.2 Å². The Bertz CT molecular complexity index is 618. The summed E-state index contributed by atoms with van der Waals surface area (Å²) >= 11 is 0. The fraction of sp³-hybridized carbons (Fsp3) is 0.222. The van der Waals surface area contributed by atoms with Crippen molar-refractivity contribution in [3.8, 4) is 11.1 Å². The summed E-state index contributed by atoms with van der Waals surface area (Å²) in [7, 11) is 0. The summed E-state index contributed by atoms with van der Waals surface area (Å²) in [5.74, 6) is 0. The Labute approximate surface area is 109 Å². The zero-order chi connectivity index (χ0) is 12.5. The lowest BCUT2D eigenvalue weighted by atomic mass is 9.96. The molecule has 0 amide bonds. The predicted molar refractivity (Wildman–Crippen MR) is 78.6 cm³/mol. The molecule has 0 heteroatoms. The molecule has 0 atom stereocenters. The zero-order valence-electron chi connectivity index (χ0n) is 11.0. The zero-order valence-corrected chi connectivity index (χ0v) is 11.0. The molecule has 0 N–H and O–H groups in total. The van der Waals surface area contributed by atoms with E-state index in [1.54, 1.807) is 0 Å². The summed E-state index contributed by atoms with van der Waals surface area (Å²) in [5.41, 5.74) is 8.63. The molecule has 90 valence electrons. The number of rotatable bonds is 2. The normalized spacial score (nSPS) is 13.3. The molecule has 0 aliphatic heterocycles. The first-order chi connectivity index (χ1) is 8.81. The summed E-state index contributed by atoms with van der Waals surface area (Å²) in [6.45, 7) is 4.42. The SMILES string of the molecule is CCC=C(C)c1cccc2c1Cc1ccccc1-2. The second-order valence-electron chi connectivity index (χ2n) is 4.96. The van der Waals surface area contributed by atoms with E-state index in [2.05, 4.69) is 62.4 Å². The van der Waals surface area contributed by atoms with Gasteiger partial charge in [-0.3, -0.25) is 0 Å². The highest BCUT2D eigenvalue weighted by molar-refractivity contribution is 5.82.